The van der Waals surface area contributed by atoms with E-state index in [0.29, 0.717) is 25.2 Å². The van der Waals surface area contributed by atoms with Crippen LogP contribution in [0.2, 0.25) is 0 Å². The number of hydrogen-bond donors (Lipinski definition) is 1. The molecule has 0 spiro atoms. The largest absolute Gasteiger partial charge is 0.507 e. The highest BCUT2D eigenvalue weighted by Gasteiger charge is 2.29. The van der Waals surface area contributed by atoms with Crippen LogP contribution in [0, 0.1) is 5.92 Å². The Morgan fingerprint density at radius 1 is 1.21 bits per heavy atom. The van der Waals surface area contributed by atoms with Crippen LogP contribution in [-0.2, 0) is 4.74 Å². The lowest BCUT2D eigenvalue weighted by Crippen LogP contribution is -2.45. The molecule has 1 aliphatic rings. The van der Waals surface area contributed by atoms with Gasteiger partial charge in [0.25, 0.3) is 5.91 Å². The number of rotatable bonds is 3. The van der Waals surface area contributed by atoms with Gasteiger partial charge in [-0.05, 0) is 62.4 Å². The highest BCUT2D eigenvalue weighted by Crippen LogP contribution is 2.28. The monoisotopic (exact) mass is 398 g/mol. The van der Waals surface area contributed by atoms with Crippen molar-refractivity contribution in [2.45, 2.75) is 39.2 Å². The molecular formula is C23H30N2O4. The molecule has 1 fully saturated rings. The first-order chi connectivity index (χ1) is 13.6. The number of likely N-dealkylation sites (tertiary alicyclic amines) is 1. The zero-order valence-electron chi connectivity index (χ0n) is 17.6. The summed E-state index contributed by atoms with van der Waals surface area (Å²) in [6, 6.07) is 11.0. The van der Waals surface area contributed by atoms with E-state index in [2.05, 4.69) is 0 Å². The molecule has 2 aromatic carbocycles. The van der Waals surface area contributed by atoms with Gasteiger partial charge in [0.1, 0.15) is 11.4 Å². The van der Waals surface area contributed by atoms with Gasteiger partial charge in [0.2, 0.25) is 0 Å². The van der Waals surface area contributed by atoms with Crippen LogP contribution in [0.5, 0.6) is 5.75 Å². The smallest absolute Gasteiger partial charge is 0.410 e. The number of carbonyl (C=O) groups excluding carboxylic acids is 2. The van der Waals surface area contributed by atoms with Crippen LogP contribution in [-0.4, -0.2) is 59.2 Å². The minimum Gasteiger partial charge on any atom is -0.507 e. The number of carbonyl (C=O) groups is 2. The van der Waals surface area contributed by atoms with Crippen LogP contribution in [0.25, 0.3) is 10.8 Å². The molecule has 0 radical (unpaired) electrons. The number of aromatic hydroxyl groups is 1. The van der Waals surface area contributed by atoms with Gasteiger partial charge < -0.3 is 19.6 Å². The Labute approximate surface area is 172 Å². The maximum atomic E-state index is 13.1. The molecule has 3 rings (SSSR count). The SMILES string of the molecule is CN(CC1CCCN(C(=O)c2cc3ccccc3cc2O)C1)C(=O)OC(C)(C)C. The number of phenolic OH excluding ortho intramolecular Hbond substituents is 1. The molecule has 1 saturated heterocycles. The molecule has 156 valence electrons. The Hall–Kier alpha value is -2.76. The summed E-state index contributed by atoms with van der Waals surface area (Å²) in [5.41, 5.74) is -0.210. The van der Waals surface area contributed by atoms with E-state index < -0.39 is 5.60 Å². The van der Waals surface area contributed by atoms with Crippen molar-refractivity contribution in [1.29, 1.82) is 0 Å². The van der Waals surface area contributed by atoms with Crippen molar-refractivity contribution in [2.24, 2.45) is 5.92 Å². The number of benzene rings is 2. The molecule has 2 amide bonds. The van der Waals surface area contributed by atoms with Gasteiger partial charge >= 0.3 is 6.09 Å². The zero-order chi connectivity index (χ0) is 21.2. The molecular weight excluding hydrogens is 368 g/mol. The maximum absolute atomic E-state index is 13.1. The fourth-order valence-corrected chi connectivity index (χ4v) is 3.77. The van der Waals surface area contributed by atoms with Crippen molar-refractivity contribution in [3.8, 4) is 5.75 Å². The van der Waals surface area contributed by atoms with Gasteiger partial charge in [-0.1, -0.05) is 24.3 Å². The molecule has 6 nitrogen and oxygen atoms in total. The van der Waals surface area contributed by atoms with Gasteiger partial charge in [0, 0.05) is 26.7 Å². The van der Waals surface area contributed by atoms with E-state index in [0.717, 1.165) is 23.6 Å². The van der Waals surface area contributed by atoms with E-state index in [-0.39, 0.29) is 23.7 Å². The van der Waals surface area contributed by atoms with E-state index in [9.17, 15) is 14.7 Å². The minimum absolute atomic E-state index is 0.00157. The maximum Gasteiger partial charge on any atom is 0.410 e. The highest BCUT2D eigenvalue weighted by atomic mass is 16.6. The van der Waals surface area contributed by atoms with Crippen LogP contribution in [0.15, 0.2) is 36.4 Å². The second kappa shape index (κ2) is 8.31. The van der Waals surface area contributed by atoms with Crippen molar-refractivity contribution in [1.82, 2.24) is 9.80 Å². The highest BCUT2D eigenvalue weighted by molar-refractivity contribution is 6.01. The fraction of sp³-hybridized carbons (Fsp3) is 0.478. The first kappa shape index (κ1) is 21.0. The van der Waals surface area contributed by atoms with Crippen molar-refractivity contribution < 1.29 is 19.4 Å². The number of ether oxygens (including phenoxy) is 1. The summed E-state index contributed by atoms with van der Waals surface area (Å²) in [5, 5.41) is 12.2. The molecule has 6 heteroatoms. The number of nitrogens with zero attached hydrogens (tertiary/aromatic N) is 2. The summed E-state index contributed by atoms with van der Waals surface area (Å²) in [5.74, 6) is 0.00684. The third kappa shape index (κ3) is 5.19. The van der Waals surface area contributed by atoms with Crippen LogP contribution in [0.1, 0.15) is 44.0 Å². The van der Waals surface area contributed by atoms with Crippen LogP contribution < -0.4 is 0 Å². The van der Waals surface area contributed by atoms with Crippen molar-refractivity contribution in [3.05, 3.63) is 42.0 Å². The van der Waals surface area contributed by atoms with Crippen LogP contribution in [0.4, 0.5) is 4.79 Å². The molecule has 29 heavy (non-hydrogen) atoms. The quantitative estimate of drug-likeness (QED) is 0.838. The van der Waals surface area contributed by atoms with Crippen molar-refractivity contribution in [2.75, 3.05) is 26.7 Å². The number of piperidine rings is 1. The Kier molecular flexibility index (Phi) is 6.01. The van der Waals surface area contributed by atoms with Crippen molar-refractivity contribution >= 4 is 22.8 Å². The second-order valence-electron chi connectivity index (χ2n) is 8.84. The first-order valence-electron chi connectivity index (χ1n) is 10.1. The number of amides is 2. The summed E-state index contributed by atoms with van der Waals surface area (Å²) in [6.07, 6.45) is 1.46. The zero-order valence-corrected chi connectivity index (χ0v) is 17.6. The summed E-state index contributed by atoms with van der Waals surface area (Å²) in [7, 11) is 1.73. The molecule has 2 aromatic rings. The van der Waals surface area contributed by atoms with Gasteiger partial charge in [-0.25, -0.2) is 4.79 Å². The number of phenols is 1. The molecule has 0 bridgehead atoms. The lowest BCUT2D eigenvalue weighted by atomic mass is 9.96. The van der Waals surface area contributed by atoms with Crippen LogP contribution in [0.3, 0.4) is 0 Å². The summed E-state index contributed by atoms with van der Waals surface area (Å²) < 4.78 is 5.41. The lowest BCUT2D eigenvalue weighted by molar-refractivity contribution is 0.0244. The third-order valence-corrected chi connectivity index (χ3v) is 5.14. The molecule has 1 atom stereocenters. The van der Waals surface area contributed by atoms with Gasteiger partial charge in [-0.15, -0.1) is 0 Å². The fourth-order valence-electron chi connectivity index (χ4n) is 3.77. The van der Waals surface area contributed by atoms with Gasteiger partial charge in [0.05, 0.1) is 5.56 Å². The molecule has 1 N–H and O–H groups in total. The second-order valence-corrected chi connectivity index (χ2v) is 8.84. The molecule has 1 aliphatic heterocycles. The summed E-state index contributed by atoms with van der Waals surface area (Å²) in [4.78, 5) is 28.7. The minimum atomic E-state index is -0.534. The normalized spacial score (nSPS) is 17.2. The predicted octanol–water partition coefficient (Wildman–Crippen LogP) is 4.26. The Bertz CT molecular complexity index is 903. The average Bonchev–Trinajstić information content (AvgIpc) is 2.65. The Morgan fingerprint density at radius 3 is 2.52 bits per heavy atom. The Balaban J connectivity index is 1.68. The van der Waals surface area contributed by atoms with Gasteiger partial charge in [-0.2, -0.15) is 0 Å². The van der Waals surface area contributed by atoms with Crippen molar-refractivity contribution in [3.63, 3.8) is 0 Å². The topological polar surface area (TPSA) is 70.1 Å². The molecule has 1 unspecified atom stereocenters. The molecule has 0 saturated carbocycles. The van der Waals surface area contributed by atoms with Gasteiger partial charge in [0.15, 0.2) is 0 Å². The predicted molar refractivity (Wildman–Crippen MR) is 113 cm³/mol. The number of hydrogen-bond acceptors (Lipinski definition) is 4. The van der Waals surface area contributed by atoms with E-state index >= 15 is 0 Å². The average molecular weight is 399 g/mol. The van der Waals surface area contributed by atoms with E-state index in [1.54, 1.807) is 29.0 Å². The number of fused-ring (bicyclic) bond motifs is 1. The third-order valence-electron chi connectivity index (χ3n) is 5.14. The standard InChI is InChI=1S/C23H30N2O4/c1-23(2,3)29-22(28)24(4)14-16-8-7-11-25(15-16)21(27)19-12-17-9-5-6-10-18(17)13-20(19)26/h5-6,9-10,12-13,16,26H,7-8,11,14-15H2,1-4H3. The van der Waals surface area contributed by atoms with E-state index in [1.807, 2.05) is 45.0 Å². The molecule has 0 aliphatic carbocycles. The van der Waals surface area contributed by atoms with E-state index in [4.69, 9.17) is 4.74 Å². The first-order valence-corrected chi connectivity index (χ1v) is 10.1. The summed E-state index contributed by atoms with van der Waals surface area (Å²) >= 11 is 0. The lowest BCUT2D eigenvalue weighted by Gasteiger charge is -2.35. The molecule has 0 aromatic heterocycles. The summed E-state index contributed by atoms with van der Waals surface area (Å²) in [6.45, 7) is 7.26. The molecule has 1 heterocycles. The Morgan fingerprint density at radius 2 is 1.86 bits per heavy atom. The van der Waals surface area contributed by atoms with Crippen LogP contribution >= 0.6 is 0 Å². The van der Waals surface area contributed by atoms with Gasteiger partial charge in [-0.3, -0.25) is 4.79 Å². The van der Waals surface area contributed by atoms with E-state index in [1.165, 1.54) is 0 Å².